The molecule has 1 aromatic carbocycles. The monoisotopic (exact) mass is 304 g/mol. The molecule has 21 heavy (non-hydrogen) atoms. The molecule has 1 atom stereocenters. The smallest absolute Gasteiger partial charge is 0.237 e. The first-order valence-electron chi connectivity index (χ1n) is 6.25. The molecular weight excluding hydrogens is 288 g/mol. The standard InChI is InChI=1S/C13H16N6OS/c1-7-4-3-5-9(6-7)16-10(20)8(2)21-13-18-11(14)17-12(15)19-13/h3-6,8H,1-2H3,(H,16,20)(H4,14,15,17,18,19)/t8-/m1/s1. The van der Waals surface area contributed by atoms with Gasteiger partial charge in [-0.25, -0.2) is 0 Å². The lowest BCUT2D eigenvalue weighted by atomic mass is 10.2. The average molecular weight is 304 g/mol. The Bertz CT molecular complexity index is 643. The SMILES string of the molecule is Cc1cccc(NC(=O)[C@@H](C)Sc2nc(N)nc(N)n2)c1. The van der Waals surface area contributed by atoms with Crippen molar-refractivity contribution in [3.63, 3.8) is 0 Å². The van der Waals surface area contributed by atoms with Crippen LogP contribution in [0.15, 0.2) is 29.4 Å². The molecule has 0 aliphatic heterocycles. The molecule has 5 N–H and O–H groups in total. The summed E-state index contributed by atoms with van der Waals surface area (Å²) in [5.74, 6) is -0.0734. The highest BCUT2D eigenvalue weighted by molar-refractivity contribution is 8.00. The maximum atomic E-state index is 12.1. The number of benzene rings is 1. The van der Waals surface area contributed by atoms with Crippen LogP contribution in [0.1, 0.15) is 12.5 Å². The lowest BCUT2D eigenvalue weighted by molar-refractivity contribution is -0.115. The number of anilines is 3. The maximum Gasteiger partial charge on any atom is 0.237 e. The van der Waals surface area contributed by atoms with Gasteiger partial charge < -0.3 is 16.8 Å². The van der Waals surface area contributed by atoms with Crippen LogP contribution in [0.2, 0.25) is 0 Å². The van der Waals surface area contributed by atoms with E-state index in [0.717, 1.165) is 11.3 Å². The normalized spacial score (nSPS) is 11.9. The van der Waals surface area contributed by atoms with E-state index in [2.05, 4.69) is 20.3 Å². The molecule has 1 aromatic heterocycles. The lowest BCUT2D eigenvalue weighted by Gasteiger charge is -2.11. The zero-order valence-electron chi connectivity index (χ0n) is 11.7. The molecule has 0 radical (unpaired) electrons. The first-order chi connectivity index (χ1) is 9.94. The molecule has 1 heterocycles. The quantitative estimate of drug-likeness (QED) is 0.731. The van der Waals surface area contributed by atoms with Crippen molar-refractivity contribution in [1.82, 2.24) is 15.0 Å². The first-order valence-corrected chi connectivity index (χ1v) is 7.13. The van der Waals surface area contributed by atoms with Crippen molar-refractivity contribution in [3.05, 3.63) is 29.8 Å². The van der Waals surface area contributed by atoms with Gasteiger partial charge in [0.25, 0.3) is 0 Å². The van der Waals surface area contributed by atoms with Gasteiger partial charge in [0.15, 0.2) is 5.16 Å². The molecule has 0 aliphatic carbocycles. The first kappa shape index (κ1) is 15.0. The van der Waals surface area contributed by atoms with Crippen molar-refractivity contribution in [2.45, 2.75) is 24.3 Å². The minimum Gasteiger partial charge on any atom is -0.368 e. The van der Waals surface area contributed by atoms with Crippen LogP contribution in [-0.4, -0.2) is 26.1 Å². The summed E-state index contributed by atoms with van der Waals surface area (Å²) < 4.78 is 0. The molecule has 0 unspecified atom stereocenters. The van der Waals surface area contributed by atoms with E-state index in [0.29, 0.717) is 5.16 Å². The van der Waals surface area contributed by atoms with E-state index in [-0.39, 0.29) is 17.8 Å². The fraction of sp³-hybridized carbons (Fsp3) is 0.231. The molecule has 0 bridgehead atoms. The summed E-state index contributed by atoms with van der Waals surface area (Å²) in [5.41, 5.74) is 12.8. The maximum absolute atomic E-state index is 12.1. The largest absolute Gasteiger partial charge is 0.368 e. The van der Waals surface area contributed by atoms with Crippen molar-refractivity contribution in [2.75, 3.05) is 16.8 Å². The molecule has 7 nitrogen and oxygen atoms in total. The van der Waals surface area contributed by atoms with E-state index in [1.165, 1.54) is 11.8 Å². The summed E-state index contributed by atoms with van der Waals surface area (Å²) >= 11 is 1.17. The van der Waals surface area contributed by atoms with E-state index < -0.39 is 5.25 Å². The number of carbonyl (C=O) groups excluding carboxylic acids is 1. The molecule has 0 saturated heterocycles. The van der Waals surface area contributed by atoms with Crippen molar-refractivity contribution in [2.24, 2.45) is 0 Å². The third-order valence-electron chi connectivity index (χ3n) is 2.59. The van der Waals surface area contributed by atoms with Crippen LogP contribution in [0.3, 0.4) is 0 Å². The zero-order valence-corrected chi connectivity index (χ0v) is 12.5. The fourth-order valence-corrected chi connectivity index (χ4v) is 2.39. The Kier molecular flexibility index (Phi) is 4.59. The molecule has 0 saturated carbocycles. The summed E-state index contributed by atoms with van der Waals surface area (Å²) in [5, 5.41) is 2.77. The Morgan fingerprint density at radius 1 is 1.24 bits per heavy atom. The number of nitrogens with one attached hydrogen (secondary N) is 1. The fourth-order valence-electron chi connectivity index (χ4n) is 1.62. The number of thioether (sulfide) groups is 1. The number of hydrogen-bond donors (Lipinski definition) is 3. The predicted octanol–water partition coefficient (Wildman–Crippen LogP) is 1.46. The third kappa shape index (κ3) is 4.32. The minimum atomic E-state index is -0.397. The van der Waals surface area contributed by atoms with Gasteiger partial charge in [0.2, 0.25) is 17.8 Å². The predicted molar refractivity (Wildman–Crippen MR) is 83.8 cm³/mol. The van der Waals surface area contributed by atoms with Crippen LogP contribution < -0.4 is 16.8 Å². The van der Waals surface area contributed by atoms with Crippen LogP contribution in [0.25, 0.3) is 0 Å². The van der Waals surface area contributed by atoms with E-state index in [1.807, 2.05) is 31.2 Å². The van der Waals surface area contributed by atoms with Crippen molar-refractivity contribution < 1.29 is 4.79 Å². The van der Waals surface area contributed by atoms with Crippen LogP contribution in [0.5, 0.6) is 0 Å². The van der Waals surface area contributed by atoms with Gasteiger partial charge in [0.05, 0.1) is 5.25 Å². The second-order valence-electron chi connectivity index (χ2n) is 4.45. The second kappa shape index (κ2) is 6.40. The molecule has 110 valence electrons. The van der Waals surface area contributed by atoms with E-state index in [9.17, 15) is 4.79 Å². The van der Waals surface area contributed by atoms with Gasteiger partial charge in [-0.1, -0.05) is 23.9 Å². The molecule has 0 fully saturated rings. The molecular formula is C13H16N6OS. The number of nitrogens with two attached hydrogens (primary N) is 2. The van der Waals surface area contributed by atoms with Crippen molar-refractivity contribution >= 4 is 35.3 Å². The third-order valence-corrected chi connectivity index (χ3v) is 3.55. The number of nitrogen functional groups attached to an aromatic ring is 2. The molecule has 1 amide bonds. The summed E-state index contributed by atoms with van der Waals surface area (Å²) in [7, 11) is 0. The van der Waals surface area contributed by atoms with Gasteiger partial charge in [0.1, 0.15) is 0 Å². The lowest BCUT2D eigenvalue weighted by Crippen LogP contribution is -2.22. The number of carbonyl (C=O) groups is 1. The average Bonchev–Trinajstić information content (AvgIpc) is 2.37. The van der Waals surface area contributed by atoms with Gasteiger partial charge in [-0.2, -0.15) is 15.0 Å². The number of hydrogen-bond acceptors (Lipinski definition) is 7. The summed E-state index contributed by atoms with van der Waals surface area (Å²) in [6.45, 7) is 3.72. The Morgan fingerprint density at radius 3 is 2.52 bits per heavy atom. The highest BCUT2D eigenvalue weighted by atomic mass is 32.2. The van der Waals surface area contributed by atoms with Crippen molar-refractivity contribution in [3.8, 4) is 0 Å². The van der Waals surface area contributed by atoms with Crippen molar-refractivity contribution in [1.29, 1.82) is 0 Å². The molecule has 2 rings (SSSR count). The number of aryl methyl sites for hydroxylation is 1. The van der Waals surface area contributed by atoms with Crippen LogP contribution in [0.4, 0.5) is 17.6 Å². The van der Waals surface area contributed by atoms with E-state index in [1.54, 1.807) is 6.92 Å². The summed E-state index contributed by atoms with van der Waals surface area (Å²) in [6, 6.07) is 7.58. The van der Waals surface area contributed by atoms with Gasteiger partial charge in [0, 0.05) is 5.69 Å². The van der Waals surface area contributed by atoms with Gasteiger partial charge in [-0.15, -0.1) is 0 Å². The molecule has 8 heteroatoms. The van der Waals surface area contributed by atoms with Gasteiger partial charge in [-0.05, 0) is 31.5 Å². The molecule has 0 aliphatic rings. The Hall–Kier alpha value is -2.35. The van der Waals surface area contributed by atoms with Crippen LogP contribution >= 0.6 is 11.8 Å². The number of amides is 1. The number of rotatable bonds is 4. The second-order valence-corrected chi connectivity index (χ2v) is 5.76. The highest BCUT2D eigenvalue weighted by Gasteiger charge is 2.17. The van der Waals surface area contributed by atoms with Crippen LogP contribution in [-0.2, 0) is 4.79 Å². The molecule has 2 aromatic rings. The van der Waals surface area contributed by atoms with E-state index in [4.69, 9.17) is 11.5 Å². The van der Waals surface area contributed by atoms with Gasteiger partial charge in [-0.3, -0.25) is 4.79 Å². The topological polar surface area (TPSA) is 120 Å². The van der Waals surface area contributed by atoms with Crippen LogP contribution in [0, 0.1) is 6.92 Å². The number of nitrogens with zero attached hydrogens (tertiary/aromatic N) is 3. The van der Waals surface area contributed by atoms with E-state index >= 15 is 0 Å². The number of aromatic nitrogens is 3. The summed E-state index contributed by atoms with van der Waals surface area (Å²) in [6.07, 6.45) is 0. The Labute approximate surface area is 126 Å². The minimum absolute atomic E-state index is 0.0382. The Balaban J connectivity index is 2.02. The summed E-state index contributed by atoms with van der Waals surface area (Å²) in [4.78, 5) is 23.7. The van der Waals surface area contributed by atoms with Gasteiger partial charge >= 0.3 is 0 Å². The highest BCUT2D eigenvalue weighted by Crippen LogP contribution is 2.21. The molecule has 0 spiro atoms. The zero-order chi connectivity index (χ0) is 15.4. The Morgan fingerprint density at radius 2 is 1.90 bits per heavy atom.